The van der Waals surface area contributed by atoms with Crippen molar-refractivity contribution in [3.63, 3.8) is 0 Å². The van der Waals surface area contributed by atoms with Gasteiger partial charge in [-0.25, -0.2) is 13.4 Å². The molecule has 0 saturated carbocycles. The molecule has 1 amide bonds. The fraction of sp³-hybridized carbons (Fsp3) is 0.280. The first kappa shape index (κ1) is 22.6. The number of amides is 1. The molecule has 2 aromatic heterocycles. The molecule has 5 rings (SSSR count). The SMILES string of the molecule is C[C@H](C(=O)N1CCC(c2ccc(S(=O)(=O)Nc3nccs3)cc2)CC1)n1ccc2ccccc21.[HH].[HH]. The summed E-state index contributed by atoms with van der Waals surface area (Å²) >= 11 is 1.24. The second kappa shape index (κ2) is 9.23. The molecule has 1 atom stereocenters. The maximum atomic E-state index is 13.2. The molecule has 0 unspecified atom stereocenters. The topological polar surface area (TPSA) is 84.3 Å². The highest BCUT2D eigenvalue weighted by Gasteiger charge is 2.28. The molecule has 0 aliphatic carbocycles. The second-order valence-corrected chi connectivity index (χ2v) is 11.1. The van der Waals surface area contributed by atoms with Crippen LogP contribution in [0.2, 0.25) is 0 Å². The van der Waals surface area contributed by atoms with Crippen molar-refractivity contribution in [2.75, 3.05) is 17.8 Å². The molecule has 1 aliphatic heterocycles. The van der Waals surface area contributed by atoms with E-state index in [1.807, 2.05) is 59.0 Å². The van der Waals surface area contributed by atoms with Gasteiger partial charge in [0.25, 0.3) is 10.0 Å². The molecule has 180 valence electrons. The number of thiazole rings is 1. The number of piperidine rings is 1. The maximum Gasteiger partial charge on any atom is 0.263 e. The minimum absolute atomic E-state index is 0. The zero-order chi connectivity index (χ0) is 23.7. The lowest BCUT2D eigenvalue weighted by atomic mass is 9.89. The van der Waals surface area contributed by atoms with E-state index in [0.717, 1.165) is 29.3 Å². The van der Waals surface area contributed by atoms with E-state index in [-0.39, 0.29) is 19.7 Å². The summed E-state index contributed by atoms with van der Waals surface area (Å²) in [4.78, 5) is 19.3. The van der Waals surface area contributed by atoms with Crippen LogP contribution >= 0.6 is 11.3 Å². The summed E-state index contributed by atoms with van der Waals surface area (Å²) in [5, 5.41) is 3.20. The molecular weight excluding hydrogens is 468 g/mol. The number of benzene rings is 2. The van der Waals surface area contributed by atoms with Crippen LogP contribution in [0.25, 0.3) is 10.9 Å². The van der Waals surface area contributed by atoms with Crippen LogP contribution in [0.1, 0.15) is 40.1 Å². The Morgan fingerprint density at radius 2 is 1.85 bits per heavy atom. The zero-order valence-electron chi connectivity index (χ0n) is 18.8. The summed E-state index contributed by atoms with van der Waals surface area (Å²) in [6.07, 6.45) is 5.26. The number of nitrogens with one attached hydrogen (secondary N) is 1. The number of anilines is 1. The standard InChI is InChI=1S/C25H26N4O3S2.2H2/c1-18(29-16-12-21-4-2-3-5-23(21)29)24(30)28-14-10-20(11-15-28)19-6-8-22(9-7-19)34(31,32)27-25-26-13-17-33-25;;/h2-9,12-13,16-18,20H,10-11,14-15H2,1H3,(H,26,27);2*1H/t18-;;/m1../s1. The van der Waals surface area contributed by atoms with Crippen molar-refractivity contribution < 1.29 is 16.1 Å². The van der Waals surface area contributed by atoms with Crippen LogP contribution in [-0.4, -0.2) is 41.9 Å². The van der Waals surface area contributed by atoms with E-state index in [4.69, 9.17) is 0 Å². The molecule has 1 saturated heterocycles. The van der Waals surface area contributed by atoms with Gasteiger partial charge in [0.15, 0.2) is 5.13 Å². The fourth-order valence-corrected chi connectivity index (χ4v) is 6.41. The minimum Gasteiger partial charge on any atom is -0.341 e. The number of rotatable bonds is 6. The summed E-state index contributed by atoms with van der Waals surface area (Å²) < 4.78 is 29.7. The monoisotopic (exact) mass is 498 g/mol. The summed E-state index contributed by atoms with van der Waals surface area (Å²) in [6.45, 7) is 3.34. The summed E-state index contributed by atoms with van der Waals surface area (Å²) in [5.41, 5.74) is 2.17. The Balaban J connectivity index is 0.00000180. The number of aromatic nitrogens is 2. The Hall–Kier alpha value is -3.17. The third kappa shape index (κ3) is 4.45. The Bertz CT molecular complexity index is 1400. The van der Waals surface area contributed by atoms with E-state index < -0.39 is 10.0 Å². The number of carbonyl (C=O) groups is 1. The molecule has 3 heterocycles. The second-order valence-electron chi connectivity index (χ2n) is 8.57. The lowest BCUT2D eigenvalue weighted by Crippen LogP contribution is -2.41. The summed E-state index contributed by atoms with van der Waals surface area (Å²) in [6, 6.07) is 16.9. The van der Waals surface area contributed by atoms with Gasteiger partial charge in [0, 0.05) is 39.2 Å². The quantitative estimate of drug-likeness (QED) is 0.388. The number of sulfonamides is 1. The Labute approximate surface area is 206 Å². The van der Waals surface area contributed by atoms with Crippen LogP contribution in [0.3, 0.4) is 0 Å². The average molecular weight is 499 g/mol. The summed E-state index contributed by atoms with van der Waals surface area (Å²) in [7, 11) is -3.65. The number of likely N-dealkylation sites (tertiary alicyclic amines) is 1. The number of hydrogen-bond acceptors (Lipinski definition) is 5. The number of para-hydroxylation sites is 1. The van der Waals surface area contributed by atoms with Crippen LogP contribution in [0.4, 0.5) is 5.13 Å². The number of nitrogens with zero attached hydrogens (tertiary/aromatic N) is 3. The molecular formula is C25H30N4O3S2. The van der Waals surface area contributed by atoms with Crippen LogP contribution in [0.5, 0.6) is 0 Å². The average Bonchev–Trinajstić information content (AvgIpc) is 3.53. The van der Waals surface area contributed by atoms with Crippen LogP contribution in [-0.2, 0) is 14.8 Å². The molecule has 1 N–H and O–H groups in total. The highest BCUT2D eigenvalue weighted by molar-refractivity contribution is 7.93. The third-order valence-corrected chi connectivity index (χ3v) is 8.70. The van der Waals surface area contributed by atoms with Crippen molar-refractivity contribution in [1.29, 1.82) is 0 Å². The molecule has 1 fully saturated rings. The van der Waals surface area contributed by atoms with Gasteiger partial charge in [-0.1, -0.05) is 30.3 Å². The van der Waals surface area contributed by atoms with Crippen molar-refractivity contribution in [1.82, 2.24) is 14.5 Å². The first-order valence-corrected chi connectivity index (χ1v) is 13.7. The fourth-order valence-electron chi connectivity index (χ4n) is 4.63. The number of hydrogen-bond donors (Lipinski definition) is 1. The molecule has 9 heteroatoms. The van der Waals surface area contributed by atoms with Gasteiger partial charge in [0.05, 0.1) is 4.90 Å². The van der Waals surface area contributed by atoms with Gasteiger partial charge in [-0.3, -0.25) is 9.52 Å². The number of carbonyl (C=O) groups excluding carboxylic acids is 1. The van der Waals surface area contributed by atoms with Gasteiger partial charge >= 0.3 is 0 Å². The highest BCUT2D eigenvalue weighted by Crippen LogP contribution is 2.31. The van der Waals surface area contributed by atoms with Gasteiger partial charge in [-0.05, 0) is 60.9 Å². The van der Waals surface area contributed by atoms with E-state index in [0.29, 0.717) is 24.1 Å². The third-order valence-electron chi connectivity index (χ3n) is 6.53. The lowest BCUT2D eigenvalue weighted by Gasteiger charge is -2.34. The van der Waals surface area contributed by atoms with E-state index in [9.17, 15) is 13.2 Å². The molecule has 2 aromatic carbocycles. The lowest BCUT2D eigenvalue weighted by molar-refractivity contribution is -0.135. The Kier molecular flexibility index (Phi) is 6.14. The first-order chi connectivity index (χ1) is 16.4. The Morgan fingerprint density at radius 1 is 1.12 bits per heavy atom. The minimum atomic E-state index is -3.65. The molecule has 34 heavy (non-hydrogen) atoms. The van der Waals surface area contributed by atoms with Crippen LogP contribution < -0.4 is 4.72 Å². The molecule has 4 aromatic rings. The smallest absolute Gasteiger partial charge is 0.263 e. The number of fused-ring (bicyclic) bond motifs is 1. The van der Waals surface area contributed by atoms with E-state index >= 15 is 0 Å². The van der Waals surface area contributed by atoms with E-state index in [2.05, 4.69) is 15.8 Å². The van der Waals surface area contributed by atoms with Gasteiger partial charge < -0.3 is 9.47 Å². The molecule has 1 aliphatic rings. The van der Waals surface area contributed by atoms with Gasteiger partial charge in [-0.15, -0.1) is 11.3 Å². The van der Waals surface area contributed by atoms with Crippen molar-refractivity contribution in [2.45, 2.75) is 36.6 Å². The van der Waals surface area contributed by atoms with Gasteiger partial charge in [0.2, 0.25) is 5.91 Å². The van der Waals surface area contributed by atoms with Crippen molar-refractivity contribution in [3.8, 4) is 0 Å². The predicted octanol–water partition coefficient (Wildman–Crippen LogP) is 5.36. The molecule has 0 bridgehead atoms. The first-order valence-electron chi connectivity index (χ1n) is 11.3. The van der Waals surface area contributed by atoms with Crippen molar-refractivity contribution >= 4 is 43.3 Å². The Morgan fingerprint density at radius 3 is 2.56 bits per heavy atom. The molecule has 0 radical (unpaired) electrons. The largest absolute Gasteiger partial charge is 0.341 e. The van der Waals surface area contributed by atoms with Crippen molar-refractivity contribution in [2.24, 2.45) is 0 Å². The van der Waals surface area contributed by atoms with E-state index in [1.165, 1.54) is 11.3 Å². The van der Waals surface area contributed by atoms with Gasteiger partial charge in [-0.2, -0.15) is 0 Å². The van der Waals surface area contributed by atoms with Crippen molar-refractivity contribution in [3.05, 3.63) is 77.9 Å². The molecule has 7 nitrogen and oxygen atoms in total. The predicted molar refractivity (Wildman–Crippen MR) is 139 cm³/mol. The van der Waals surface area contributed by atoms with Crippen LogP contribution in [0, 0.1) is 0 Å². The zero-order valence-corrected chi connectivity index (χ0v) is 20.4. The summed E-state index contributed by atoms with van der Waals surface area (Å²) in [5.74, 6) is 0.435. The van der Waals surface area contributed by atoms with Gasteiger partial charge in [0.1, 0.15) is 6.04 Å². The molecule has 0 spiro atoms. The van der Waals surface area contributed by atoms with Crippen LogP contribution in [0.15, 0.2) is 77.3 Å². The normalized spacial score (nSPS) is 16.0. The van der Waals surface area contributed by atoms with E-state index in [1.54, 1.807) is 23.7 Å². The maximum absolute atomic E-state index is 13.2. The highest BCUT2D eigenvalue weighted by atomic mass is 32.2.